The number of carbonyl (C=O) groups is 1. The summed E-state index contributed by atoms with van der Waals surface area (Å²) in [6, 6.07) is 1.78. The van der Waals surface area contributed by atoms with Crippen molar-refractivity contribution in [2.45, 2.75) is 32.1 Å². The van der Waals surface area contributed by atoms with Crippen molar-refractivity contribution in [3.05, 3.63) is 28.3 Å². The predicted octanol–water partition coefficient (Wildman–Crippen LogP) is 2.27. The molecular weight excluding hydrogens is 202 g/mol. The van der Waals surface area contributed by atoms with Crippen LogP contribution in [0.1, 0.15) is 39.9 Å². The van der Waals surface area contributed by atoms with Crippen LogP contribution in [-0.4, -0.2) is 11.9 Å². The highest BCUT2D eigenvalue weighted by molar-refractivity contribution is 6.02. The topological polar surface area (TPSA) is 46.5 Å². The minimum Gasteiger partial charge on any atom is -0.294 e. The Hall–Kier alpha value is -1.73. The molecule has 0 saturated carbocycles. The van der Waals surface area contributed by atoms with Crippen molar-refractivity contribution in [3.63, 3.8) is 0 Å². The SMILES string of the molecule is O=C=Nc1cc2c(c3c1CCC3)CCC2=O. The van der Waals surface area contributed by atoms with Gasteiger partial charge >= 0.3 is 0 Å². The lowest BCUT2D eigenvalue weighted by molar-refractivity contribution is 0.0994. The van der Waals surface area contributed by atoms with Crippen molar-refractivity contribution in [2.75, 3.05) is 0 Å². The number of aliphatic imine (C=N–C) groups is 1. The molecule has 0 fully saturated rings. The summed E-state index contributed by atoms with van der Waals surface area (Å²) in [5, 5.41) is 0. The smallest absolute Gasteiger partial charge is 0.240 e. The van der Waals surface area contributed by atoms with Gasteiger partial charge in [-0.2, -0.15) is 4.99 Å². The summed E-state index contributed by atoms with van der Waals surface area (Å²) in [6.07, 6.45) is 6.14. The average Bonchev–Trinajstić information content (AvgIpc) is 2.86. The molecule has 0 atom stereocenters. The lowest BCUT2D eigenvalue weighted by Gasteiger charge is -2.08. The van der Waals surface area contributed by atoms with Gasteiger partial charge in [-0.05, 0) is 48.4 Å². The van der Waals surface area contributed by atoms with Gasteiger partial charge in [0.1, 0.15) is 0 Å². The van der Waals surface area contributed by atoms with E-state index in [2.05, 4.69) is 4.99 Å². The number of Topliss-reactive ketones (excluding diaryl/α,β-unsaturated/α-hetero) is 1. The lowest BCUT2D eigenvalue weighted by atomic mass is 9.98. The summed E-state index contributed by atoms with van der Waals surface area (Å²) in [5.41, 5.74) is 5.10. The molecule has 0 amide bonds. The molecule has 0 saturated heterocycles. The number of hydrogen-bond acceptors (Lipinski definition) is 3. The first-order valence-electron chi connectivity index (χ1n) is 5.60. The Morgan fingerprint density at radius 3 is 2.69 bits per heavy atom. The third kappa shape index (κ3) is 1.18. The van der Waals surface area contributed by atoms with Crippen LogP contribution in [0.15, 0.2) is 11.1 Å². The molecule has 0 heterocycles. The third-order valence-corrected chi connectivity index (χ3v) is 3.57. The number of fused-ring (bicyclic) bond motifs is 3. The maximum Gasteiger partial charge on any atom is 0.240 e. The van der Waals surface area contributed by atoms with E-state index in [1.807, 2.05) is 0 Å². The Balaban J connectivity index is 2.30. The van der Waals surface area contributed by atoms with E-state index in [4.69, 9.17) is 0 Å². The van der Waals surface area contributed by atoms with Gasteiger partial charge in [-0.1, -0.05) is 0 Å². The fourth-order valence-corrected chi connectivity index (χ4v) is 2.89. The summed E-state index contributed by atoms with van der Waals surface area (Å²) in [6.45, 7) is 0. The fourth-order valence-electron chi connectivity index (χ4n) is 2.89. The second-order valence-corrected chi connectivity index (χ2v) is 4.36. The van der Waals surface area contributed by atoms with Crippen LogP contribution < -0.4 is 0 Å². The van der Waals surface area contributed by atoms with Crippen LogP contribution in [0.4, 0.5) is 5.69 Å². The number of nitrogens with zero attached hydrogens (tertiary/aromatic N) is 1. The molecule has 0 aromatic heterocycles. The molecule has 16 heavy (non-hydrogen) atoms. The molecule has 2 aliphatic carbocycles. The summed E-state index contributed by atoms with van der Waals surface area (Å²) >= 11 is 0. The first-order valence-corrected chi connectivity index (χ1v) is 5.60. The highest BCUT2D eigenvalue weighted by Gasteiger charge is 2.28. The normalized spacial score (nSPS) is 16.9. The van der Waals surface area contributed by atoms with Gasteiger partial charge in [0.25, 0.3) is 0 Å². The van der Waals surface area contributed by atoms with Gasteiger partial charge < -0.3 is 0 Å². The van der Waals surface area contributed by atoms with Crippen LogP contribution in [0.25, 0.3) is 0 Å². The zero-order valence-corrected chi connectivity index (χ0v) is 8.88. The van der Waals surface area contributed by atoms with Crippen LogP contribution in [-0.2, 0) is 24.1 Å². The van der Waals surface area contributed by atoms with E-state index in [0.29, 0.717) is 12.1 Å². The Bertz CT molecular complexity index is 539. The van der Waals surface area contributed by atoms with Gasteiger partial charge in [0, 0.05) is 12.0 Å². The minimum atomic E-state index is 0.187. The van der Waals surface area contributed by atoms with Gasteiger partial charge in [-0.3, -0.25) is 4.79 Å². The molecule has 0 unspecified atom stereocenters. The number of carbonyl (C=O) groups excluding carboxylic acids is 2. The molecular formula is C13H11NO2. The molecule has 0 radical (unpaired) electrons. The number of benzene rings is 1. The predicted molar refractivity (Wildman–Crippen MR) is 58.9 cm³/mol. The van der Waals surface area contributed by atoms with Gasteiger partial charge in [0.15, 0.2) is 5.78 Å². The molecule has 0 bridgehead atoms. The second kappa shape index (κ2) is 3.39. The molecule has 80 valence electrons. The van der Waals surface area contributed by atoms with E-state index >= 15 is 0 Å². The summed E-state index contributed by atoms with van der Waals surface area (Å²) in [5.74, 6) is 0.187. The number of rotatable bonds is 1. The highest BCUT2D eigenvalue weighted by atomic mass is 16.1. The van der Waals surface area contributed by atoms with Gasteiger partial charge in [0.2, 0.25) is 6.08 Å². The summed E-state index contributed by atoms with van der Waals surface area (Å²) in [7, 11) is 0. The Morgan fingerprint density at radius 1 is 1.06 bits per heavy atom. The Labute approximate surface area is 93.2 Å². The van der Waals surface area contributed by atoms with Crippen LogP contribution in [0.3, 0.4) is 0 Å². The molecule has 1 aromatic carbocycles. The maximum atomic E-state index is 11.7. The average molecular weight is 213 g/mol. The lowest BCUT2D eigenvalue weighted by Crippen LogP contribution is -1.96. The van der Waals surface area contributed by atoms with Crippen molar-refractivity contribution >= 4 is 17.6 Å². The van der Waals surface area contributed by atoms with E-state index in [0.717, 1.165) is 36.8 Å². The van der Waals surface area contributed by atoms with E-state index in [1.165, 1.54) is 11.1 Å². The number of isocyanates is 1. The molecule has 3 heteroatoms. The first-order chi connectivity index (χ1) is 7.81. The zero-order valence-electron chi connectivity index (χ0n) is 8.88. The van der Waals surface area contributed by atoms with Gasteiger partial charge in [-0.15, -0.1) is 0 Å². The third-order valence-electron chi connectivity index (χ3n) is 3.57. The van der Waals surface area contributed by atoms with Crippen molar-refractivity contribution < 1.29 is 9.59 Å². The van der Waals surface area contributed by atoms with E-state index in [1.54, 1.807) is 12.1 Å². The van der Waals surface area contributed by atoms with Crippen LogP contribution in [0, 0.1) is 0 Å². The van der Waals surface area contributed by atoms with Crippen molar-refractivity contribution in [1.29, 1.82) is 0 Å². The molecule has 3 rings (SSSR count). The van der Waals surface area contributed by atoms with E-state index < -0.39 is 0 Å². The fraction of sp³-hybridized carbons (Fsp3) is 0.385. The van der Waals surface area contributed by atoms with Gasteiger partial charge in [0.05, 0.1) is 5.69 Å². The molecule has 2 aliphatic rings. The van der Waals surface area contributed by atoms with Crippen LogP contribution in [0.5, 0.6) is 0 Å². The van der Waals surface area contributed by atoms with Crippen molar-refractivity contribution in [1.82, 2.24) is 0 Å². The summed E-state index contributed by atoms with van der Waals surface area (Å²) in [4.78, 5) is 25.8. The van der Waals surface area contributed by atoms with Crippen molar-refractivity contribution in [2.24, 2.45) is 4.99 Å². The standard InChI is InChI=1S/C13H11NO2/c15-7-14-12-6-11-9(4-5-13(11)16)8-2-1-3-10(8)12/h6H,1-5H2. The van der Waals surface area contributed by atoms with Crippen LogP contribution >= 0.6 is 0 Å². The monoisotopic (exact) mass is 213 g/mol. The quantitative estimate of drug-likeness (QED) is 0.530. The Morgan fingerprint density at radius 2 is 1.88 bits per heavy atom. The van der Waals surface area contributed by atoms with Gasteiger partial charge in [-0.25, -0.2) is 4.79 Å². The highest BCUT2D eigenvalue weighted by Crippen LogP contribution is 2.39. The van der Waals surface area contributed by atoms with E-state index in [9.17, 15) is 9.59 Å². The van der Waals surface area contributed by atoms with Crippen molar-refractivity contribution in [3.8, 4) is 0 Å². The molecule has 0 N–H and O–H groups in total. The molecule has 0 spiro atoms. The minimum absolute atomic E-state index is 0.187. The number of ketones is 1. The molecule has 0 aliphatic heterocycles. The largest absolute Gasteiger partial charge is 0.294 e. The van der Waals surface area contributed by atoms with Crippen LogP contribution in [0.2, 0.25) is 0 Å². The maximum absolute atomic E-state index is 11.7. The number of hydrogen-bond donors (Lipinski definition) is 0. The molecule has 3 nitrogen and oxygen atoms in total. The van der Waals surface area contributed by atoms with E-state index in [-0.39, 0.29) is 5.78 Å². The Kier molecular flexibility index (Phi) is 2.01. The second-order valence-electron chi connectivity index (χ2n) is 4.36. The summed E-state index contributed by atoms with van der Waals surface area (Å²) < 4.78 is 0. The first kappa shape index (κ1) is 9.49. The molecule has 1 aromatic rings. The zero-order chi connectivity index (χ0) is 11.1.